The number of anilines is 2. The van der Waals surface area contributed by atoms with Crippen LogP contribution in [0.15, 0.2) is 30.2 Å². The van der Waals surface area contributed by atoms with E-state index in [1.807, 2.05) is 13.8 Å². The van der Waals surface area contributed by atoms with Gasteiger partial charge in [0.25, 0.3) is 0 Å². The molecule has 2 unspecified atom stereocenters. The summed E-state index contributed by atoms with van der Waals surface area (Å²) in [7, 11) is 0. The predicted octanol–water partition coefficient (Wildman–Crippen LogP) is 6.04. The molecule has 2 fully saturated rings. The van der Waals surface area contributed by atoms with Crippen LogP contribution in [0.1, 0.15) is 50.7 Å². The molecule has 42 heavy (non-hydrogen) atoms. The number of aryl methyl sites for hydroxylation is 1. The lowest BCUT2D eigenvalue weighted by Crippen LogP contribution is -2.43. The molecule has 0 aromatic carbocycles. The molecule has 0 bridgehead atoms. The molecule has 2 saturated heterocycles. The normalized spacial score (nSPS) is 22.5. The zero-order valence-electron chi connectivity index (χ0n) is 23.8. The molecule has 226 valence electrons. The molecule has 0 aliphatic carbocycles. The zero-order chi connectivity index (χ0) is 30.2. The van der Waals surface area contributed by atoms with Gasteiger partial charge < -0.3 is 15.4 Å². The Hall–Kier alpha value is -3.61. The minimum Gasteiger partial charge on any atom is -0.461 e. The minimum absolute atomic E-state index is 0.0223. The van der Waals surface area contributed by atoms with Crippen molar-refractivity contribution in [2.75, 3.05) is 43.4 Å². The fourth-order valence-electron chi connectivity index (χ4n) is 6.20. The summed E-state index contributed by atoms with van der Waals surface area (Å²) in [5, 5.41) is 0.422. The molecule has 0 spiro atoms. The van der Waals surface area contributed by atoms with Gasteiger partial charge >= 0.3 is 12.2 Å². The molecule has 6 heterocycles. The number of rotatable bonds is 5. The Bertz CT molecular complexity index is 1500. The first-order valence-electron chi connectivity index (χ1n) is 14.2. The van der Waals surface area contributed by atoms with Crippen LogP contribution in [0.5, 0.6) is 6.01 Å². The van der Waals surface area contributed by atoms with Crippen LogP contribution >= 0.6 is 0 Å². The lowest BCUT2D eigenvalue weighted by molar-refractivity contribution is -0.137. The van der Waals surface area contributed by atoms with E-state index in [1.54, 1.807) is 4.90 Å². The lowest BCUT2D eigenvalue weighted by Gasteiger charge is -2.31. The van der Waals surface area contributed by atoms with Gasteiger partial charge in [0.1, 0.15) is 35.9 Å². The van der Waals surface area contributed by atoms with E-state index < -0.39 is 29.1 Å². The van der Waals surface area contributed by atoms with Crippen molar-refractivity contribution in [1.29, 1.82) is 0 Å². The Morgan fingerprint density at radius 3 is 2.67 bits per heavy atom. The standard InChI is InChI=1S/C27H28F5N7O.C2H6/c1-15-8-21(33)36-23(22(15)27(30,31)32)20-9-19-18(11-34-20)24(38-6-2-4-16(28)12-38)37-25(35-19)40-14-26-5-3-7-39(26)13-17(29)10-26;1-2/h4,8-9,11,17H,2-3,5-7,10,12-14H2,1H3,(H2,33,36);1-2H3. The van der Waals surface area contributed by atoms with Gasteiger partial charge in [0.15, 0.2) is 0 Å². The number of nitrogen functional groups attached to an aromatic ring is 1. The third kappa shape index (κ3) is 5.70. The maximum Gasteiger partial charge on any atom is 0.418 e. The average Bonchev–Trinajstić information content (AvgIpc) is 3.46. The van der Waals surface area contributed by atoms with Gasteiger partial charge in [-0.25, -0.2) is 13.8 Å². The van der Waals surface area contributed by atoms with Crippen LogP contribution in [0.3, 0.4) is 0 Å². The first kappa shape index (κ1) is 29.9. The highest BCUT2D eigenvalue weighted by molar-refractivity contribution is 5.91. The molecule has 0 amide bonds. The van der Waals surface area contributed by atoms with Gasteiger partial charge in [-0.3, -0.25) is 9.88 Å². The summed E-state index contributed by atoms with van der Waals surface area (Å²) >= 11 is 0. The smallest absolute Gasteiger partial charge is 0.418 e. The van der Waals surface area contributed by atoms with Crippen LogP contribution in [0.25, 0.3) is 22.3 Å². The third-order valence-electron chi connectivity index (χ3n) is 7.94. The maximum absolute atomic E-state index is 14.3. The Kier molecular flexibility index (Phi) is 8.23. The predicted molar refractivity (Wildman–Crippen MR) is 151 cm³/mol. The molecule has 3 aliphatic rings. The zero-order valence-corrected chi connectivity index (χ0v) is 23.8. The summed E-state index contributed by atoms with van der Waals surface area (Å²) in [5.41, 5.74) is 4.09. The van der Waals surface area contributed by atoms with Crippen molar-refractivity contribution in [2.24, 2.45) is 0 Å². The Morgan fingerprint density at radius 1 is 1.14 bits per heavy atom. The second-order valence-electron chi connectivity index (χ2n) is 10.7. The molecule has 2 N–H and O–H groups in total. The highest BCUT2D eigenvalue weighted by Crippen LogP contribution is 2.41. The summed E-state index contributed by atoms with van der Waals surface area (Å²) in [6, 6.07) is 2.52. The van der Waals surface area contributed by atoms with Gasteiger partial charge in [-0.05, 0) is 56.5 Å². The van der Waals surface area contributed by atoms with Crippen LogP contribution in [-0.4, -0.2) is 69.3 Å². The van der Waals surface area contributed by atoms with Gasteiger partial charge in [-0.2, -0.15) is 23.1 Å². The lowest BCUT2D eigenvalue weighted by atomic mass is 9.95. The SMILES string of the molecule is CC.Cc1cc(N)nc(-c2cc3nc(OCC45CCCN4CC(F)C5)nc(N4CCC=C(F)C4)c3cn2)c1C(F)(F)F. The van der Waals surface area contributed by atoms with Crippen molar-refractivity contribution in [1.82, 2.24) is 24.8 Å². The number of halogens is 5. The summed E-state index contributed by atoms with van der Waals surface area (Å²) in [6.45, 7) is 7.07. The third-order valence-corrected chi connectivity index (χ3v) is 7.94. The van der Waals surface area contributed by atoms with E-state index in [4.69, 9.17) is 10.5 Å². The highest BCUT2D eigenvalue weighted by atomic mass is 19.4. The van der Waals surface area contributed by atoms with Crippen LogP contribution in [0, 0.1) is 6.92 Å². The van der Waals surface area contributed by atoms with E-state index in [0.29, 0.717) is 37.1 Å². The highest BCUT2D eigenvalue weighted by Gasteiger charge is 2.49. The second kappa shape index (κ2) is 11.6. The number of hydrogen-bond donors (Lipinski definition) is 1. The van der Waals surface area contributed by atoms with Crippen molar-refractivity contribution in [3.8, 4) is 17.4 Å². The topological polar surface area (TPSA) is 93.3 Å². The van der Waals surface area contributed by atoms with E-state index in [0.717, 1.165) is 25.5 Å². The summed E-state index contributed by atoms with van der Waals surface area (Å²) < 4.78 is 76.6. The first-order valence-corrected chi connectivity index (χ1v) is 14.2. The minimum atomic E-state index is -4.69. The maximum atomic E-state index is 14.3. The van der Waals surface area contributed by atoms with Crippen LogP contribution in [0.2, 0.25) is 0 Å². The van der Waals surface area contributed by atoms with Crippen molar-refractivity contribution in [3.05, 3.63) is 41.4 Å². The number of pyridine rings is 2. The Labute approximate surface area is 240 Å². The van der Waals surface area contributed by atoms with Crippen molar-refractivity contribution in [3.63, 3.8) is 0 Å². The molecule has 3 aliphatic heterocycles. The number of ether oxygens (including phenoxy) is 1. The van der Waals surface area contributed by atoms with Gasteiger partial charge in [-0.1, -0.05) is 13.8 Å². The quantitative estimate of drug-likeness (QED) is 0.359. The molecular formula is C29H34F5N7O. The van der Waals surface area contributed by atoms with E-state index in [-0.39, 0.29) is 47.6 Å². The molecular weight excluding hydrogens is 557 g/mol. The van der Waals surface area contributed by atoms with Gasteiger partial charge in [0, 0.05) is 25.7 Å². The number of hydrogen-bond acceptors (Lipinski definition) is 8. The van der Waals surface area contributed by atoms with Gasteiger partial charge in [0.05, 0.1) is 34.2 Å². The molecule has 2 atom stereocenters. The van der Waals surface area contributed by atoms with Crippen molar-refractivity contribution in [2.45, 2.75) is 64.3 Å². The van der Waals surface area contributed by atoms with Crippen molar-refractivity contribution < 1.29 is 26.7 Å². The monoisotopic (exact) mass is 591 g/mol. The van der Waals surface area contributed by atoms with E-state index in [1.165, 1.54) is 25.3 Å². The number of alkyl halides is 4. The number of nitrogens with zero attached hydrogens (tertiary/aromatic N) is 6. The Balaban J connectivity index is 0.00000173. The van der Waals surface area contributed by atoms with E-state index >= 15 is 0 Å². The van der Waals surface area contributed by atoms with Gasteiger partial charge in [-0.15, -0.1) is 0 Å². The largest absolute Gasteiger partial charge is 0.461 e. The molecule has 0 radical (unpaired) electrons. The van der Waals surface area contributed by atoms with Crippen LogP contribution in [0.4, 0.5) is 33.6 Å². The van der Waals surface area contributed by atoms with Crippen molar-refractivity contribution >= 4 is 22.5 Å². The fourth-order valence-corrected chi connectivity index (χ4v) is 6.20. The number of nitrogens with two attached hydrogens (primary N) is 1. The molecule has 6 rings (SSSR count). The molecule has 0 saturated carbocycles. The average molecular weight is 592 g/mol. The van der Waals surface area contributed by atoms with Crippen LogP contribution < -0.4 is 15.4 Å². The van der Waals surface area contributed by atoms with E-state index in [2.05, 4.69) is 24.8 Å². The first-order chi connectivity index (χ1) is 20.0. The molecule has 13 heteroatoms. The van der Waals surface area contributed by atoms with Crippen LogP contribution in [-0.2, 0) is 6.18 Å². The Morgan fingerprint density at radius 2 is 1.93 bits per heavy atom. The second-order valence-corrected chi connectivity index (χ2v) is 10.7. The van der Waals surface area contributed by atoms with E-state index in [9.17, 15) is 22.0 Å². The number of aromatic nitrogens is 4. The summed E-state index contributed by atoms with van der Waals surface area (Å²) in [5.74, 6) is -0.0427. The molecule has 3 aromatic rings. The molecule has 8 nitrogen and oxygen atoms in total. The fraction of sp³-hybridized carbons (Fsp3) is 0.517. The van der Waals surface area contributed by atoms with Gasteiger partial charge in [0.2, 0.25) is 0 Å². The summed E-state index contributed by atoms with van der Waals surface area (Å²) in [4.78, 5) is 21.1. The number of fused-ring (bicyclic) bond motifs is 2. The summed E-state index contributed by atoms with van der Waals surface area (Å²) in [6.07, 6.45) is -0.245. The molecule has 3 aromatic heterocycles.